The SMILES string of the molecule is NC(=O)c1oc(Cc2ccc3ncc(Cl)cc3c2)nc1C(F)(F)F. The van der Waals surface area contributed by atoms with Crippen molar-refractivity contribution in [3.05, 3.63) is 58.4 Å². The van der Waals surface area contributed by atoms with E-state index >= 15 is 0 Å². The van der Waals surface area contributed by atoms with Crippen molar-refractivity contribution in [2.24, 2.45) is 5.73 Å². The summed E-state index contributed by atoms with van der Waals surface area (Å²) in [4.78, 5) is 18.6. The molecule has 0 aliphatic carbocycles. The van der Waals surface area contributed by atoms with Crippen LogP contribution >= 0.6 is 11.6 Å². The average Bonchev–Trinajstić information content (AvgIpc) is 2.91. The Morgan fingerprint density at radius 1 is 1.29 bits per heavy atom. The second kappa shape index (κ2) is 5.79. The van der Waals surface area contributed by atoms with Gasteiger partial charge in [0.25, 0.3) is 5.91 Å². The van der Waals surface area contributed by atoms with Gasteiger partial charge in [-0.2, -0.15) is 13.2 Å². The Kier molecular flexibility index (Phi) is 3.92. The van der Waals surface area contributed by atoms with Gasteiger partial charge in [0.05, 0.1) is 10.5 Å². The van der Waals surface area contributed by atoms with Gasteiger partial charge in [0.1, 0.15) is 0 Å². The molecule has 2 heterocycles. The molecule has 3 aromatic rings. The van der Waals surface area contributed by atoms with Gasteiger partial charge in [-0.15, -0.1) is 0 Å². The number of oxazole rings is 1. The number of nitrogens with two attached hydrogens (primary N) is 1. The molecule has 0 bridgehead atoms. The van der Waals surface area contributed by atoms with E-state index in [1.54, 1.807) is 24.3 Å². The van der Waals surface area contributed by atoms with Crippen molar-refractivity contribution in [1.82, 2.24) is 9.97 Å². The second-order valence-electron chi connectivity index (χ2n) is 5.00. The highest BCUT2D eigenvalue weighted by molar-refractivity contribution is 6.31. The topological polar surface area (TPSA) is 82.0 Å². The monoisotopic (exact) mass is 355 g/mol. The molecule has 1 amide bonds. The number of benzene rings is 1. The summed E-state index contributed by atoms with van der Waals surface area (Å²) >= 11 is 5.87. The van der Waals surface area contributed by atoms with Gasteiger partial charge >= 0.3 is 6.18 Å². The van der Waals surface area contributed by atoms with E-state index in [1.807, 2.05) is 0 Å². The van der Waals surface area contributed by atoms with Gasteiger partial charge in [-0.1, -0.05) is 17.7 Å². The number of aromatic nitrogens is 2. The summed E-state index contributed by atoms with van der Waals surface area (Å²) in [5, 5.41) is 1.16. The van der Waals surface area contributed by atoms with Crippen LogP contribution in [0.2, 0.25) is 5.02 Å². The Morgan fingerprint density at radius 3 is 2.67 bits per heavy atom. The molecule has 3 rings (SSSR count). The number of halogens is 4. The maximum absolute atomic E-state index is 12.9. The van der Waals surface area contributed by atoms with E-state index in [2.05, 4.69) is 9.97 Å². The summed E-state index contributed by atoms with van der Waals surface area (Å²) in [6.45, 7) is 0. The Labute approximate surface area is 138 Å². The summed E-state index contributed by atoms with van der Waals surface area (Å²) in [6, 6.07) is 6.75. The standard InChI is InChI=1S/C15H9ClF3N3O2/c16-9-5-8-3-7(1-2-10(8)21-6-9)4-11-22-13(15(17,18)19)12(24-11)14(20)23/h1-3,5-6H,4H2,(H2,20,23). The summed E-state index contributed by atoms with van der Waals surface area (Å²) in [7, 11) is 0. The Hall–Kier alpha value is -2.61. The van der Waals surface area contributed by atoms with Gasteiger partial charge in [0.2, 0.25) is 5.76 Å². The predicted octanol–water partition coefficient (Wildman–Crippen LogP) is 3.58. The maximum atomic E-state index is 12.9. The maximum Gasteiger partial charge on any atom is 0.437 e. The highest BCUT2D eigenvalue weighted by atomic mass is 35.5. The van der Waals surface area contributed by atoms with Gasteiger partial charge < -0.3 is 10.2 Å². The van der Waals surface area contributed by atoms with Crippen molar-refractivity contribution in [2.45, 2.75) is 12.6 Å². The first-order valence-corrected chi connectivity index (χ1v) is 7.03. The molecular weight excluding hydrogens is 347 g/mol. The number of nitrogens with zero attached hydrogens (tertiary/aromatic N) is 2. The Bertz CT molecular complexity index is 937. The van der Waals surface area contributed by atoms with E-state index in [1.165, 1.54) is 6.20 Å². The van der Waals surface area contributed by atoms with Crippen molar-refractivity contribution in [3.63, 3.8) is 0 Å². The van der Waals surface area contributed by atoms with Gasteiger partial charge in [-0.25, -0.2) is 4.98 Å². The third-order valence-corrected chi connectivity index (χ3v) is 3.44. The molecule has 0 unspecified atom stereocenters. The molecule has 0 fully saturated rings. The molecule has 24 heavy (non-hydrogen) atoms. The van der Waals surface area contributed by atoms with E-state index in [-0.39, 0.29) is 12.3 Å². The largest absolute Gasteiger partial charge is 0.437 e. The highest BCUT2D eigenvalue weighted by Gasteiger charge is 2.40. The van der Waals surface area contributed by atoms with Crippen molar-refractivity contribution in [1.29, 1.82) is 0 Å². The zero-order chi connectivity index (χ0) is 17.5. The minimum absolute atomic E-state index is 0.0428. The van der Waals surface area contributed by atoms with Crippen LogP contribution in [-0.2, 0) is 12.6 Å². The third kappa shape index (κ3) is 3.18. The van der Waals surface area contributed by atoms with Crippen LogP contribution in [0.4, 0.5) is 13.2 Å². The first kappa shape index (κ1) is 16.3. The van der Waals surface area contributed by atoms with Crippen LogP contribution in [0.15, 0.2) is 34.9 Å². The molecule has 0 saturated carbocycles. The number of hydrogen-bond acceptors (Lipinski definition) is 4. The molecule has 0 aliphatic rings. The van der Waals surface area contributed by atoms with Crippen LogP contribution in [0.3, 0.4) is 0 Å². The number of fused-ring (bicyclic) bond motifs is 1. The Morgan fingerprint density at radius 2 is 2.04 bits per heavy atom. The number of pyridine rings is 1. The molecule has 1 aromatic carbocycles. The molecule has 0 spiro atoms. The summed E-state index contributed by atoms with van der Waals surface area (Å²) in [6.07, 6.45) is -3.38. The van der Waals surface area contributed by atoms with Crippen LogP contribution in [0.5, 0.6) is 0 Å². The van der Waals surface area contributed by atoms with Crippen molar-refractivity contribution < 1.29 is 22.4 Å². The molecule has 2 N–H and O–H groups in total. The third-order valence-electron chi connectivity index (χ3n) is 3.23. The van der Waals surface area contributed by atoms with Crippen molar-refractivity contribution >= 4 is 28.4 Å². The average molecular weight is 356 g/mol. The minimum Gasteiger partial charge on any atom is -0.435 e. The van der Waals surface area contributed by atoms with Crippen LogP contribution in [-0.4, -0.2) is 15.9 Å². The zero-order valence-corrected chi connectivity index (χ0v) is 12.6. The number of amides is 1. The molecule has 0 saturated heterocycles. The number of alkyl halides is 3. The lowest BCUT2D eigenvalue weighted by atomic mass is 10.1. The normalized spacial score (nSPS) is 11.8. The molecule has 5 nitrogen and oxygen atoms in total. The van der Waals surface area contributed by atoms with Crippen molar-refractivity contribution in [2.75, 3.05) is 0 Å². The number of carbonyl (C=O) groups excluding carboxylic acids is 1. The van der Waals surface area contributed by atoms with Crippen LogP contribution in [0, 0.1) is 0 Å². The smallest absolute Gasteiger partial charge is 0.435 e. The second-order valence-corrected chi connectivity index (χ2v) is 5.44. The van der Waals surface area contributed by atoms with Crippen LogP contribution in [0.25, 0.3) is 10.9 Å². The fourth-order valence-corrected chi connectivity index (χ4v) is 2.40. The minimum atomic E-state index is -4.83. The molecular formula is C15H9ClF3N3O2. The highest BCUT2D eigenvalue weighted by Crippen LogP contribution is 2.32. The molecule has 124 valence electrons. The first-order chi connectivity index (χ1) is 11.2. The molecule has 9 heteroatoms. The van der Waals surface area contributed by atoms with E-state index in [0.29, 0.717) is 16.1 Å². The fourth-order valence-electron chi connectivity index (χ4n) is 2.24. The van der Waals surface area contributed by atoms with E-state index in [9.17, 15) is 18.0 Å². The predicted molar refractivity (Wildman–Crippen MR) is 79.6 cm³/mol. The number of carbonyl (C=O) groups is 1. The van der Waals surface area contributed by atoms with Crippen LogP contribution in [0.1, 0.15) is 27.7 Å². The Balaban J connectivity index is 1.98. The van der Waals surface area contributed by atoms with E-state index < -0.39 is 23.5 Å². The summed E-state index contributed by atoms with van der Waals surface area (Å²) < 4.78 is 43.5. The molecule has 0 aliphatic heterocycles. The van der Waals surface area contributed by atoms with Crippen LogP contribution < -0.4 is 5.73 Å². The first-order valence-electron chi connectivity index (χ1n) is 6.65. The van der Waals surface area contributed by atoms with E-state index in [4.69, 9.17) is 21.8 Å². The number of rotatable bonds is 3. The molecule has 0 radical (unpaired) electrons. The number of hydrogen-bond donors (Lipinski definition) is 1. The lowest BCUT2D eigenvalue weighted by Crippen LogP contribution is -2.17. The number of primary amides is 1. The summed E-state index contributed by atoms with van der Waals surface area (Å²) in [5.41, 5.74) is 4.80. The van der Waals surface area contributed by atoms with Crippen molar-refractivity contribution in [3.8, 4) is 0 Å². The zero-order valence-electron chi connectivity index (χ0n) is 11.9. The lowest BCUT2D eigenvalue weighted by molar-refractivity contribution is -0.141. The van der Waals surface area contributed by atoms with Gasteiger partial charge in [-0.3, -0.25) is 9.78 Å². The summed E-state index contributed by atoms with van der Waals surface area (Å²) in [5.74, 6) is -2.58. The van der Waals surface area contributed by atoms with Gasteiger partial charge in [0.15, 0.2) is 11.6 Å². The van der Waals surface area contributed by atoms with Gasteiger partial charge in [-0.05, 0) is 23.8 Å². The molecule has 2 aromatic heterocycles. The van der Waals surface area contributed by atoms with E-state index in [0.717, 1.165) is 5.39 Å². The van der Waals surface area contributed by atoms with Gasteiger partial charge in [0, 0.05) is 18.0 Å². The lowest BCUT2D eigenvalue weighted by Gasteiger charge is -2.02. The molecule has 0 atom stereocenters. The fraction of sp³-hybridized carbons (Fsp3) is 0.133. The quantitative estimate of drug-likeness (QED) is 0.778.